The van der Waals surface area contributed by atoms with Gasteiger partial charge >= 0.3 is 0 Å². The minimum Gasteiger partial charge on any atom is -0.486 e. The van der Waals surface area contributed by atoms with Crippen LogP contribution in [0.4, 0.5) is 0 Å². The predicted molar refractivity (Wildman–Crippen MR) is 80.9 cm³/mol. The maximum Gasteiger partial charge on any atom is 0.146 e. The molecule has 1 heterocycles. The SMILES string of the molecule is Cc1ccc(OCc2ccc(CNC(C)C)o2)cc1C. The third kappa shape index (κ3) is 4.14. The van der Waals surface area contributed by atoms with E-state index >= 15 is 0 Å². The fraction of sp³-hybridized carbons (Fsp3) is 0.412. The van der Waals surface area contributed by atoms with E-state index in [1.54, 1.807) is 0 Å². The minimum atomic E-state index is 0.454. The first-order chi connectivity index (χ1) is 9.54. The lowest BCUT2D eigenvalue weighted by Gasteiger charge is -2.07. The van der Waals surface area contributed by atoms with Crippen molar-refractivity contribution in [1.82, 2.24) is 5.32 Å². The maximum atomic E-state index is 5.75. The molecule has 2 rings (SSSR count). The van der Waals surface area contributed by atoms with E-state index in [0.717, 1.165) is 23.8 Å². The molecule has 0 saturated heterocycles. The molecule has 1 N–H and O–H groups in total. The number of ether oxygens (including phenoxy) is 1. The first-order valence-corrected chi connectivity index (χ1v) is 7.05. The molecule has 1 aromatic carbocycles. The van der Waals surface area contributed by atoms with Crippen LogP contribution in [0.25, 0.3) is 0 Å². The van der Waals surface area contributed by atoms with Gasteiger partial charge in [-0.25, -0.2) is 0 Å². The lowest BCUT2D eigenvalue weighted by Crippen LogP contribution is -2.21. The molecule has 0 aliphatic rings. The van der Waals surface area contributed by atoms with Gasteiger partial charge in [0, 0.05) is 6.04 Å². The molecule has 108 valence electrons. The molecule has 2 aromatic rings. The molecule has 0 unspecified atom stereocenters. The second kappa shape index (κ2) is 6.62. The Labute approximate surface area is 121 Å². The molecule has 0 radical (unpaired) electrons. The van der Waals surface area contributed by atoms with Gasteiger partial charge in [0.05, 0.1) is 6.54 Å². The first kappa shape index (κ1) is 14.7. The molecule has 0 amide bonds. The fourth-order valence-electron chi connectivity index (χ4n) is 1.86. The lowest BCUT2D eigenvalue weighted by atomic mass is 10.1. The Hall–Kier alpha value is -1.74. The van der Waals surface area contributed by atoms with Crippen LogP contribution < -0.4 is 10.1 Å². The normalized spacial score (nSPS) is 11.1. The molecule has 0 spiro atoms. The summed E-state index contributed by atoms with van der Waals surface area (Å²) in [5.74, 6) is 2.67. The zero-order valence-corrected chi connectivity index (χ0v) is 12.7. The van der Waals surface area contributed by atoms with Crippen LogP contribution in [0.3, 0.4) is 0 Å². The Balaban J connectivity index is 1.89. The molecular formula is C17H23NO2. The van der Waals surface area contributed by atoms with Crippen molar-refractivity contribution in [1.29, 1.82) is 0 Å². The van der Waals surface area contributed by atoms with Crippen LogP contribution in [-0.2, 0) is 13.2 Å². The molecule has 20 heavy (non-hydrogen) atoms. The van der Waals surface area contributed by atoms with Crippen molar-refractivity contribution in [2.24, 2.45) is 0 Å². The van der Waals surface area contributed by atoms with E-state index in [2.05, 4.69) is 45.1 Å². The average Bonchev–Trinajstić information content (AvgIpc) is 2.86. The highest BCUT2D eigenvalue weighted by atomic mass is 16.5. The molecular weight excluding hydrogens is 250 g/mol. The van der Waals surface area contributed by atoms with Crippen LogP contribution in [0.2, 0.25) is 0 Å². The van der Waals surface area contributed by atoms with Crippen LogP contribution in [0.15, 0.2) is 34.7 Å². The Bertz CT molecular complexity index is 558. The summed E-state index contributed by atoms with van der Waals surface area (Å²) in [5, 5.41) is 3.33. The Morgan fingerprint density at radius 2 is 1.80 bits per heavy atom. The van der Waals surface area contributed by atoms with E-state index in [9.17, 15) is 0 Å². The van der Waals surface area contributed by atoms with Gasteiger partial charge in [-0.2, -0.15) is 0 Å². The van der Waals surface area contributed by atoms with Gasteiger partial charge in [0.15, 0.2) is 0 Å². The topological polar surface area (TPSA) is 34.4 Å². The van der Waals surface area contributed by atoms with Gasteiger partial charge in [-0.05, 0) is 49.2 Å². The van der Waals surface area contributed by atoms with Crippen LogP contribution in [0.1, 0.15) is 36.5 Å². The van der Waals surface area contributed by atoms with Crippen LogP contribution in [0.5, 0.6) is 5.75 Å². The molecule has 0 atom stereocenters. The van der Waals surface area contributed by atoms with Gasteiger partial charge in [-0.1, -0.05) is 19.9 Å². The van der Waals surface area contributed by atoms with Crippen molar-refractivity contribution >= 4 is 0 Å². The summed E-state index contributed by atoms with van der Waals surface area (Å²) in [5.41, 5.74) is 2.51. The Morgan fingerprint density at radius 1 is 1.05 bits per heavy atom. The molecule has 3 nitrogen and oxygen atoms in total. The summed E-state index contributed by atoms with van der Waals surface area (Å²) in [7, 11) is 0. The van der Waals surface area contributed by atoms with Crippen molar-refractivity contribution in [3.8, 4) is 5.75 Å². The summed E-state index contributed by atoms with van der Waals surface area (Å²) in [6.07, 6.45) is 0. The Kier molecular flexibility index (Phi) is 4.85. The summed E-state index contributed by atoms with van der Waals surface area (Å²) < 4.78 is 11.5. The number of benzene rings is 1. The number of hydrogen-bond donors (Lipinski definition) is 1. The van der Waals surface area contributed by atoms with Crippen molar-refractivity contribution in [3.63, 3.8) is 0 Å². The standard InChI is InChI=1S/C17H23NO2/c1-12(2)18-10-16-7-8-17(20-16)11-19-15-6-5-13(3)14(4)9-15/h5-9,12,18H,10-11H2,1-4H3. The van der Waals surface area contributed by atoms with Gasteiger partial charge in [0.2, 0.25) is 0 Å². The number of rotatable bonds is 6. The quantitative estimate of drug-likeness (QED) is 0.864. The minimum absolute atomic E-state index is 0.454. The van der Waals surface area contributed by atoms with Gasteiger partial charge in [0.1, 0.15) is 23.9 Å². The van der Waals surface area contributed by atoms with E-state index in [4.69, 9.17) is 9.15 Å². The summed E-state index contributed by atoms with van der Waals surface area (Å²) in [4.78, 5) is 0. The maximum absolute atomic E-state index is 5.75. The molecule has 0 bridgehead atoms. The van der Waals surface area contributed by atoms with E-state index < -0.39 is 0 Å². The van der Waals surface area contributed by atoms with Gasteiger partial charge in [-0.3, -0.25) is 0 Å². The van der Waals surface area contributed by atoms with Gasteiger partial charge in [0.25, 0.3) is 0 Å². The van der Waals surface area contributed by atoms with Crippen molar-refractivity contribution < 1.29 is 9.15 Å². The molecule has 0 saturated carbocycles. The molecule has 0 aliphatic heterocycles. The molecule has 3 heteroatoms. The smallest absolute Gasteiger partial charge is 0.146 e. The van der Waals surface area contributed by atoms with Gasteiger partial charge in [-0.15, -0.1) is 0 Å². The molecule has 1 aromatic heterocycles. The van der Waals surface area contributed by atoms with Gasteiger partial charge < -0.3 is 14.5 Å². The van der Waals surface area contributed by atoms with Crippen molar-refractivity contribution in [2.45, 2.75) is 46.9 Å². The van der Waals surface area contributed by atoms with E-state index in [1.807, 2.05) is 18.2 Å². The summed E-state index contributed by atoms with van der Waals surface area (Å²) in [6.45, 7) is 9.63. The largest absolute Gasteiger partial charge is 0.486 e. The average molecular weight is 273 g/mol. The van der Waals surface area contributed by atoms with Crippen molar-refractivity contribution in [2.75, 3.05) is 0 Å². The highest BCUT2D eigenvalue weighted by Gasteiger charge is 2.04. The van der Waals surface area contributed by atoms with Crippen LogP contribution in [-0.4, -0.2) is 6.04 Å². The van der Waals surface area contributed by atoms with E-state index in [-0.39, 0.29) is 0 Å². The molecule has 0 aliphatic carbocycles. The third-order valence-electron chi connectivity index (χ3n) is 3.26. The Morgan fingerprint density at radius 3 is 2.50 bits per heavy atom. The second-order valence-corrected chi connectivity index (χ2v) is 5.44. The highest BCUT2D eigenvalue weighted by molar-refractivity contribution is 5.33. The summed E-state index contributed by atoms with van der Waals surface area (Å²) >= 11 is 0. The van der Waals surface area contributed by atoms with E-state index in [0.29, 0.717) is 12.6 Å². The lowest BCUT2D eigenvalue weighted by molar-refractivity contribution is 0.264. The molecule has 0 fully saturated rings. The fourth-order valence-corrected chi connectivity index (χ4v) is 1.86. The third-order valence-corrected chi connectivity index (χ3v) is 3.26. The predicted octanol–water partition coefficient (Wildman–Crippen LogP) is 3.97. The number of nitrogens with one attached hydrogen (secondary N) is 1. The monoisotopic (exact) mass is 273 g/mol. The number of furan rings is 1. The highest BCUT2D eigenvalue weighted by Crippen LogP contribution is 2.18. The van der Waals surface area contributed by atoms with Crippen LogP contribution >= 0.6 is 0 Å². The zero-order chi connectivity index (χ0) is 14.5. The van der Waals surface area contributed by atoms with Crippen molar-refractivity contribution in [3.05, 3.63) is 53.0 Å². The first-order valence-electron chi connectivity index (χ1n) is 7.05. The number of aryl methyl sites for hydroxylation is 2. The number of hydrogen-bond acceptors (Lipinski definition) is 3. The zero-order valence-electron chi connectivity index (χ0n) is 12.7. The van der Waals surface area contributed by atoms with E-state index in [1.165, 1.54) is 11.1 Å². The second-order valence-electron chi connectivity index (χ2n) is 5.44. The van der Waals surface area contributed by atoms with Crippen LogP contribution in [0, 0.1) is 13.8 Å². The summed E-state index contributed by atoms with van der Waals surface area (Å²) in [6, 6.07) is 10.5.